The fourth-order valence-electron chi connectivity index (χ4n) is 11.6. The Morgan fingerprint density at radius 2 is 1.00 bits per heavy atom. The summed E-state index contributed by atoms with van der Waals surface area (Å²) >= 11 is 0. The van der Waals surface area contributed by atoms with Crippen molar-refractivity contribution in [3.05, 3.63) is 18.2 Å². The quantitative estimate of drug-likeness (QED) is 0.0644. The van der Waals surface area contributed by atoms with E-state index in [4.69, 9.17) is 22.9 Å². The Balaban J connectivity index is 1.65. The summed E-state index contributed by atoms with van der Waals surface area (Å²) in [6.07, 6.45) is -0.856. The van der Waals surface area contributed by atoms with Crippen LogP contribution in [0.15, 0.2) is 12.5 Å². The fourth-order valence-corrected chi connectivity index (χ4v) is 16.3. The number of nitrogens with two attached hydrogens (primary N) is 4. The van der Waals surface area contributed by atoms with Crippen LogP contribution in [0.5, 0.6) is 0 Å². The van der Waals surface area contributed by atoms with E-state index in [1.165, 1.54) is 33.3 Å². The number of amides is 18. The third kappa shape index (κ3) is 28.1. The molecule has 110 heavy (non-hydrogen) atoms. The van der Waals surface area contributed by atoms with E-state index in [2.05, 4.69) is 79.1 Å². The maximum atomic E-state index is 14.8. The Kier molecular flexibility index (Phi) is 36.7. The molecule has 0 spiro atoms. The fraction of sp³-hybridized carbons (Fsp3) is 0.651. The number of aliphatic hydroxyl groups is 2. The Hall–Kier alpha value is -9.58. The van der Waals surface area contributed by atoms with Gasteiger partial charge in [-0.15, -0.1) is 0 Å². The van der Waals surface area contributed by atoms with E-state index < -0.39 is 283 Å². The zero-order valence-corrected chi connectivity index (χ0v) is 64.1. The molecule has 15 atom stereocenters. The number of carbonyl (C=O) groups is 19. The van der Waals surface area contributed by atoms with Gasteiger partial charge in [0.1, 0.15) is 90.6 Å². The van der Waals surface area contributed by atoms with Gasteiger partial charge in [0.2, 0.25) is 106 Å². The van der Waals surface area contributed by atoms with Crippen LogP contribution in [0.3, 0.4) is 0 Å². The number of aromatic amines is 1. The number of rotatable bonds is 17. The third-order valence-corrected chi connectivity index (χ3v) is 22.3. The van der Waals surface area contributed by atoms with Gasteiger partial charge in [-0.25, -0.2) is 4.98 Å². The maximum absolute atomic E-state index is 14.8. The number of carboxylic acid groups (broad SMARTS) is 1. The molecule has 4 saturated heterocycles. The lowest BCUT2D eigenvalue weighted by molar-refractivity contribution is -0.143. The van der Waals surface area contributed by atoms with Gasteiger partial charge in [0.15, 0.2) is 0 Å². The third-order valence-electron chi connectivity index (χ3n) is 17.4. The zero-order valence-electron chi connectivity index (χ0n) is 60.8. The number of aliphatic hydroxyl groups excluding tert-OH is 2. The van der Waals surface area contributed by atoms with Gasteiger partial charge in [-0.1, -0.05) is 70.9 Å². The van der Waals surface area contributed by atoms with Gasteiger partial charge in [0.05, 0.1) is 38.9 Å². The van der Waals surface area contributed by atoms with Crippen molar-refractivity contribution < 1.29 is 106 Å². The second-order valence-electron chi connectivity index (χ2n) is 26.9. The lowest BCUT2D eigenvalue weighted by Gasteiger charge is -2.31. The molecule has 4 aliphatic heterocycles. The minimum atomic E-state index is -1.98. The van der Waals surface area contributed by atoms with Crippen molar-refractivity contribution >= 4 is 155 Å². The highest BCUT2D eigenvalue weighted by molar-refractivity contribution is 8.77. The van der Waals surface area contributed by atoms with Gasteiger partial charge < -0.3 is 122 Å². The molecular formula is C63H97N21O22S4. The van der Waals surface area contributed by atoms with Crippen LogP contribution in [0, 0.1) is 11.8 Å². The number of imidazole rings is 1. The number of aliphatic carboxylic acids is 1. The number of primary amides is 3. The summed E-state index contributed by atoms with van der Waals surface area (Å²) in [6.45, 7) is 4.01. The van der Waals surface area contributed by atoms with Crippen LogP contribution in [0.4, 0.5) is 0 Å². The van der Waals surface area contributed by atoms with E-state index in [0.717, 1.165) is 53.0 Å². The molecule has 0 radical (unpaired) electrons. The van der Waals surface area contributed by atoms with Crippen molar-refractivity contribution in [2.24, 2.45) is 34.8 Å². The monoisotopic (exact) mass is 1630 g/mol. The van der Waals surface area contributed by atoms with Gasteiger partial charge in [-0.05, 0) is 57.3 Å². The second kappa shape index (κ2) is 44.3. The molecule has 0 saturated carbocycles. The standard InChI is InChI=1S/C63H97N21O22S4/c1-27(2)14-32-52(95)79-38(49(67)92)22-107-109-25-41-58(101)77-36(20-85)54(97)76-35(17-45(66)88)63(106)83-12-6-8-42(83)59(102)70-29(5)50(93)80-40(24-110-108-23-39(56(99)81-41)71-46(89)18-64)57(100)78-37(21-86)55(98)82-48(28(3)4)61(104)74-33(16-44(65)87)53(96)75-34(15-30-19-68-26-69-30)62(105)84-13-7-9-43(84)60(103)72-31(51(94)73-32)10-11-47(90)91/h19,26-29,31-43,48,85-86H,6-18,20-25,64H2,1-5H3,(H2,65,87)(H2,66,88)(H2,67,92)(H,68,69)(H,70,102)(H,71,89)(H,72,103)(H,73,94)(H,74,104)(H,75,96)(H,76,97)(H,77,101)(H,78,100)(H,79,95)(H,80,93)(H,81,99)(H,82,98)(H,90,91)/t29-,31-,32-,33-,34-,35-,36-,37-,38-,39-,40-,41-,42-,43-,48-/m0/s1. The summed E-state index contributed by atoms with van der Waals surface area (Å²) in [4.78, 5) is 273. The molecule has 1 aromatic rings. The molecule has 4 fully saturated rings. The first-order valence-corrected chi connectivity index (χ1v) is 39.9. The van der Waals surface area contributed by atoms with Crippen molar-refractivity contribution in [3.63, 3.8) is 0 Å². The van der Waals surface area contributed by atoms with Crippen molar-refractivity contribution in [2.45, 2.75) is 189 Å². The molecule has 43 nitrogen and oxygen atoms in total. The molecule has 4 aliphatic rings. The molecule has 0 aromatic carbocycles. The van der Waals surface area contributed by atoms with Gasteiger partial charge >= 0.3 is 5.97 Å². The van der Waals surface area contributed by atoms with Gasteiger partial charge in [0.25, 0.3) is 0 Å². The first kappa shape index (κ1) is 91.0. The Bertz CT molecular complexity index is 3550. The lowest BCUT2D eigenvalue weighted by Crippen LogP contribution is -2.62. The van der Waals surface area contributed by atoms with Gasteiger partial charge in [-0.3, -0.25) is 91.1 Å². The van der Waals surface area contributed by atoms with Crippen molar-refractivity contribution in [3.8, 4) is 0 Å². The lowest BCUT2D eigenvalue weighted by atomic mass is 10.0. The highest BCUT2D eigenvalue weighted by atomic mass is 33.1. The number of H-pyrrole nitrogens is 1. The highest BCUT2D eigenvalue weighted by Gasteiger charge is 2.44. The SMILES string of the molecule is CC(C)C[C@@H]1NC(=O)[C@H](CCC(=O)O)NC(=O)[C@@H]2CCCN2C(=O)[C@H](Cc2cnc[nH]2)NC(=O)[C@H](CC(N)=O)NC(=O)[C@H](C(C)C)NC(=O)[C@H](CO)NC(=O)[C@@H]2CSSC[C@H](NC(=O)CN)C(=O)N[C@@H](CSSC[C@@H](C(N)=O)NC1=O)C(=O)N[C@@H](CO)C(=O)N[C@@H](CC(N)=O)C(=O)N1CCC[C@H]1C(=O)N[C@@H](C)C(=O)N2. The average molecular weight is 1630 g/mol. The molecule has 1 aromatic heterocycles. The summed E-state index contributed by atoms with van der Waals surface area (Å²) in [6, 6.07) is -25.5. The van der Waals surface area contributed by atoms with Crippen molar-refractivity contribution in [1.82, 2.24) is 88.9 Å². The van der Waals surface area contributed by atoms with Crippen LogP contribution in [-0.4, -0.2) is 294 Å². The minimum Gasteiger partial charge on any atom is -0.481 e. The molecule has 0 unspecified atom stereocenters. The molecule has 5 rings (SSSR count). The number of nitrogens with zero attached hydrogens (tertiary/aromatic N) is 3. The molecule has 47 heteroatoms. The minimum absolute atomic E-state index is 0.0335. The number of carbonyl (C=O) groups excluding carboxylic acids is 18. The van der Waals surface area contributed by atoms with Gasteiger partial charge in [-0.2, -0.15) is 0 Å². The molecule has 610 valence electrons. The Labute approximate surface area is 646 Å². The number of aromatic nitrogens is 2. The van der Waals surface area contributed by atoms with Crippen LogP contribution < -0.4 is 92.1 Å². The average Bonchev–Trinajstić information content (AvgIpc) is 1.63. The molecule has 25 N–H and O–H groups in total. The smallest absolute Gasteiger partial charge is 0.303 e. The molecule has 18 amide bonds. The Morgan fingerprint density at radius 3 is 1.52 bits per heavy atom. The Morgan fingerprint density at radius 1 is 0.536 bits per heavy atom. The van der Waals surface area contributed by atoms with E-state index >= 15 is 0 Å². The predicted molar refractivity (Wildman–Crippen MR) is 394 cm³/mol. The summed E-state index contributed by atoms with van der Waals surface area (Å²) in [5.74, 6) is -24.5. The number of nitrogens with one attached hydrogen (secondary N) is 14. The van der Waals surface area contributed by atoms with E-state index in [1.54, 1.807) is 13.8 Å². The summed E-state index contributed by atoms with van der Waals surface area (Å²) < 4.78 is 0. The molecule has 5 heterocycles. The van der Waals surface area contributed by atoms with E-state index in [1.807, 2.05) is 0 Å². The largest absolute Gasteiger partial charge is 0.481 e. The predicted octanol–water partition coefficient (Wildman–Crippen LogP) is -10.2. The normalized spacial score (nSPS) is 28.2. The number of hydrogen-bond acceptors (Lipinski definition) is 27. The van der Waals surface area contributed by atoms with Crippen molar-refractivity contribution in [2.75, 3.05) is 55.9 Å². The van der Waals surface area contributed by atoms with Crippen LogP contribution >= 0.6 is 43.2 Å². The number of carboxylic acids is 1. The zero-order chi connectivity index (χ0) is 81.8. The summed E-state index contributed by atoms with van der Waals surface area (Å²) in [5.41, 5.74) is 22.8. The first-order valence-electron chi connectivity index (χ1n) is 35.0. The van der Waals surface area contributed by atoms with Crippen LogP contribution in [-0.2, 0) is 97.5 Å². The maximum Gasteiger partial charge on any atom is 0.303 e. The topological polar surface area (TPSA) is 681 Å². The second-order valence-corrected chi connectivity index (χ2v) is 32.0. The number of fused-ring (bicyclic) bond motifs is 10. The number of hydrogen-bond donors (Lipinski definition) is 21. The highest BCUT2D eigenvalue weighted by Crippen LogP contribution is 2.27. The van der Waals surface area contributed by atoms with E-state index in [0.29, 0.717) is 0 Å². The van der Waals surface area contributed by atoms with Crippen molar-refractivity contribution in [1.29, 1.82) is 0 Å². The molecule has 0 aliphatic carbocycles. The first-order chi connectivity index (χ1) is 52.0. The van der Waals surface area contributed by atoms with Crippen LogP contribution in [0.25, 0.3) is 0 Å². The van der Waals surface area contributed by atoms with Crippen LogP contribution in [0.1, 0.15) is 98.1 Å². The summed E-state index contributed by atoms with van der Waals surface area (Å²) in [7, 11) is 3.06. The van der Waals surface area contributed by atoms with E-state index in [9.17, 15) is 106 Å². The summed E-state index contributed by atoms with van der Waals surface area (Å²) in [5, 5.41) is 62.4. The molecular weight excluding hydrogens is 1530 g/mol. The van der Waals surface area contributed by atoms with E-state index in [-0.39, 0.29) is 57.3 Å². The van der Waals surface area contributed by atoms with Crippen LogP contribution in [0.2, 0.25) is 0 Å². The van der Waals surface area contributed by atoms with Gasteiger partial charge in [0, 0.05) is 60.8 Å². The molecule has 2 bridgehead atoms.